The van der Waals surface area contributed by atoms with E-state index in [4.69, 9.17) is 0 Å². The normalized spacial score (nSPS) is 16.3. The lowest BCUT2D eigenvalue weighted by Gasteiger charge is -2.28. The molecule has 1 atom stereocenters. The minimum Gasteiger partial charge on any atom is -0.378 e. The maximum Gasteiger partial charge on any atom is 0.329 e. The van der Waals surface area contributed by atoms with Crippen LogP contribution in [0.5, 0.6) is 0 Å². The first-order valence-electron chi connectivity index (χ1n) is 7.06. The van der Waals surface area contributed by atoms with Gasteiger partial charge < -0.3 is 10.2 Å². The summed E-state index contributed by atoms with van der Waals surface area (Å²) < 4.78 is 1.22. The minimum absolute atomic E-state index is 0.212. The van der Waals surface area contributed by atoms with E-state index in [1.807, 2.05) is 43.3 Å². The maximum absolute atomic E-state index is 12.2. The highest BCUT2D eigenvalue weighted by molar-refractivity contribution is 5.92. The number of H-pyrrole nitrogens is 1. The number of aromatic amines is 1. The monoisotopic (exact) mass is 315 g/mol. The van der Waals surface area contributed by atoms with Gasteiger partial charge in [0.05, 0.1) is 11.6 Å². The standard InChI is InChI=1S/C15H17N5O3/c1-19(2)9-6-4-8(5-7-9)11-10-12(17-14(22)16-11)20(3)15(23)18-13(10)21/h4-7,11H,1-3H3,(H2,16,17,22)(H,18,21,23)/t11-/m0/s1. The molecule has 1 aromatic heterocycles. The molecule has 2 amide bonds. The average molecular weight is 315 g/mol. The van der Waals surface area contributed by atoms with Crippen LogP contribution in [0.1, 0.15) is 17.2 Å². The number of hydrogen-bond donors (Lipinski definition) is 3. The Labute approximate surface area is 131 Å². The first-order valence-corrected chi connectivity index (χ1v) is 7.06. The molecule has 0 saturated heterocycles. The number of nitrogens with zero attached hydrogens (tertiary/aromatic N) is 2. The predicted molar refractivity (Wildman–Crippen MR) is 87.1 cm³/mol. The fraction of sp³-hybridized carbons (Fsp3) is 0.267. The summed E-state index contributed by atoms with van der Waals surface area (Å²) in [5.74, 6) is 0.212. The number of rotatable bonds is 2. The molecule has 0 fully saturated rings. The van der Waals surface area contributed by atoms with E-state index in [1.165, 1.54) is 11.6 Å². The number of carbonyl (C=O) groups excluding carboxylic acids is 1. The van der Waals surface area contributed by atoms with Crippen LogP contribution in [-0.4, -0.2) is 29.7 Å². The quantitative estimate of drug-likeness (QED) is 0.745. The highest BCUT2D eigenvalue weighted by atomic mass is 16.2. The van der Waals surface area contributed by atoms with E-state index in [1.54, 1.807) is 0 Å². The van der Waals surface area contributed by atoms with Crippen molar-refractivity contribution in [3.8, 4) is 0 Å². The molecule has 8 heteroatoms. The molecule has 3 rings (SSSR count). The Balaban J connectivity index is 2.16. The van der Waals surface area contributed by atoms with Crippen LogP contribution in [0.25, 0.3) is 0 Å². The van der Waals surface area contributed by atoms with Crippen LogP contribution in [0.4, 0.5) is 16.3 Å². The summed E-state index contributed by atoms with van der Waals surface area (Å²) in [6.45, 7) is 0. The van der Waals surface area contributed by atoms with Crippen molar-refractivity contribution in [1.82, 2.24) is 14.9 Å². The number of hydrogen-bond acceptors (Lipinski definition) is 4. The number of benzene rings is 1. The van der Waals surface area contributed by atoms with Crippen LogP contribution >= 0.6 is 0 Å². The van der Waals surface area contributed by atoms with Crippen molar-refractivity contribution in [1.29, 1.82) is 0 Å². The average Bonchev–Trinajstić information content (AvgIpc) is 2.52. The van der Waals surface area contributed by atoms with Gasteiger partial charge in [-0.3, -0.25) is 19.7 Å². The Morgan fingerprint density at radius 2 is 1.74 bits per heavy atom. The second-order valence-corrected chi connectivity index (χ2v) is 5.60. The molecule has 0 saturated carbocycles. The summed E-state index contributed by atoms with van der Waals surface area (Å²) in [5.41, 5.74) is 0.985. The van der Waals surface area contributed by atoms with Crippen LogP contribution in [0, 0.1) is 0 Å². The van der Waals surface area contributed by atoms with Gasteiger partial charge in [-0.2, -0.15) is 0 Å². The van der Waals surface area contributed by atoms with E-state index in [0.29, 0.717) is 5.56 Å². The zero-order valence-electron chi connectivity index (χ0n) is 13.0. The number of aromatic nitrogens is 2. The zero-order chi connectivity index (χ0) is 16.7. The van der Waals surface area contributed by atoms with Crippen molar-refractivity contribution in [2.45, 2.75) is 6.04 Å². The number of anilines is 2. The van der Waals surface area contributed by atoms with Crippen molar-refractivity contribution < 1.29 is 4.79 Å². The largest absolute Gasteiger partial charge is 0.378 e. The molecule has 2 heterocycles. The van der Waals surface area contributed by atoms with Crippen molar-refractivity contribution >= 4 is 17.5 Å². The fourth-order valence-corrected chi connectivity index (χ4v) is 2.62. The van der Waals surface area contributed by atoms with Crippen LogP contribution in [-0.2, 0) is 7.05 Å². The molecule has 23 heavy (non-hydrogen) atoms. The van der Waals surface area contributed by atoms with Gasteiger partial charge in [0.2, 0.25) is 0 Å². The molecule has 3 N–H and O–H groups in total. The number of nitrogens with one attached hydrogen (secondary N) is 3. The molecule has 0 bridgehead atoms. The molecule has 0 radical (unpaired) electrons. The molecule has 0 aliphatic carbocycles. The number of amides is 2. The van der Waals surface area contributed by atoms with Crippen molar-refractivity contribution in [2.75, 3.05) is 24.3 Å². The maximum atomic E-state index is 12.2. The molecule has 0 unspecified atom stereocenters. The minimum atomic E-state index is -0.620. The molecule has 1 aliphatic heterocycles. The van der Waals surface area contributed by atoms with Gasteiger partial charge in [0.15, 0.2) is 0 Å². The van der Waals surface area contributed by atoms with E-state index < -0.39 is 23.3 Å². The summed E-state index contributed by atoms with van der Waals surface area (Å²) in [6, 6.07) is 6.42. The third-order valence-corrected chi connectivity index (χ3v) is 3.90. The lowest BCUT2D eigenvalue weighted by atomic mass is 9.98. The molecule has 1 aliphatic rings. The predicted octanol–water partition coefficient (Wildman–Crippen LogP) is 0.364. The molecule has 0 spiro atoms. The van der Waals surface area contributed by atoms with Crippen molar-refractivity contribution in [3.63, 3.8) is 0 Å². The molecular formula is C15H17N5O3. The van der Waals surface area contributed by atoms with E-state index in [2.05, 4.69) is 15.6 Å². The van der Waals surface area contributed by atoms with Gasteiger partial charge in [-0.15, -0.1) is 0 Å². The molecule has 2 aromatic rings. The highest BCUT2D eigenvalue weighted by Crippen LogP contribution is 2.28. The highest BCUT2D eigenvalue weighted by Gasteiger charge is 2.30. The lowest BCUT2D eigenvalue weighted by molar-refractivity contribution is 0.248. The molecule has 120 valence electrons. The van der Waals surface area contributed by atoms with Gasteiger partial charge >= 0.3 is 11.7 Å². The van der Waals surface area contributed by atoms with Gasteiger partial charge in [0.1, 0.15) is 5.82 Å². The third-order valence-electron chi connectivity index (χ3n) is 3.90. The molecule has 1 aromatic carbocycles. The van der Waals surface area contributed by atoms with E-state index in [0.717, 1.165) is 11.3 Å². The second kappa shape index (κ2) is 5.31. The Morgan fingerprint density at radius 1 is 1.09 bits per heavy atom. The summed E-state index contributed by atoms with van der Waals surface area (Å²) in [7, 11) is 5.35. The Bertz CT molecular complexity index is 879. The second-order valence-electron chi connectivity index (χ2n) is 5.60. The first-order chi connectivity index (χ1) is 10.9. The van der Waals surface area contributed by atoms with Gasteiger partial charge in [-0.1, -0.05) is 12.1 Å². The number of fused-ring (bicyclic) bond motifs is 1. The van der Waals surface area contributed by atoms with Gasteiger partial charge in [0.25, 0.3) is 5.56 Å². The van der Waals surface area contributed by atoms with Crippen molar-refractivity contribution in [2.24, 2.45) is 7.05 Å². The summed E-state index contributed by atoms with van der Waals surface area (Å²) in [4.78, 5) is 40.1. The summed E-state index contributed by atoms with van der Waals surface area (Å²) >= 11 is 0. The molecule has 8 nitrogen and oxygen atoms in total. The fourth-order valence-electron chi connectivity index (χ4n) is 2.62. The van der Waals surface area contributed by atoms with Gasteiger partial charge in [0, 0.05) is 26.8 Å². The number of urea groups is 1. The van der Waals surface area contributed by atoms with Crippen LogP contribution in [0.2, 0.25) is 0 Å². The lowest BCUT2D eigenvalue weighted by Crippen LogP contribution is -2.46. The Kier molecular flexibility index (Phi) is 3.44. The zero-order valence-corrected chi connectivity index (χ0v) is 13.0. The Hall–Kier alpha value is -3.03. The Morgan fingerprint density at radius 3 is 2.35 bits per heavy atom. The number of carbonyl (C=O) groups is 1. The summed E-state index contributed by atoms with van der Waals surface area (Å²) in [5, 5.41) is 5.25. The van der Waals surface area contributed by atoms with Gasteiger partial charge in [-0.05, 0) is 17.7 Å². The van der Waals surface area contributed by atoms with Crippen LogP contribution < -0.4 is 26.8 Å². The smallest absolute Gasteiger partial charge is 0.329 e. The molecular weight excluding hydrogens is 298 g/mol. The first kappa shape index (κ1) is 14.9. The summed E-state index contributed by atoms with van der Waals surface area (Å²) in [6.07, 6.45) is 0. The SMILES string of the molecule is CN(C)c1ccc([C@@H]2NC(=O)Nc3c2c(=O)[nH]c(=O)n3C)cc1. The van der Waals surface area contributed by atoms with E-state index >= 15 is 0 Å². The van der Waals surface area contributed by atoms with Crippen LogP contribution in [0.15, 0.2) is 33.9 Å². The van der Waals surface area contributed by atoms with Gasteiger partial charge in [-0.25, -0.2) is 9.59 Å². The van der Waals surface area contributed by atoms with E-state index in [9.17, 15) is 14.4 Å². The third kappa shape index (κ3) is 2.48. The topological polar surface area (TPSA) is 99.2 Å². The van der Waals surface area contributed by atoms with E-state index in [-0.39, 0.29) is 5.82 Å². The van der Waals surface area contributed by atoms with Crippen molar-refractivity contribution in [3.05, 3.63) is 56.2 Å². The van der Waals surface area contributed by atoms with Crippen LogP contribution in [0.3, 0.4) is 0 Å².